The van der Waals surface area contributed by atoms with Gasteiger partial charge in [0.25, 0.3) is 0 Å². The maximum Gasteiger partial charge on any atom is 0.317 e. The number of carbonyl (C=O) groups excluding carboxylic acids is 1. The number of urea groups is 1. The minimum absolute atomic E-state index is 0.0523. The van der Waals surface area contributed by atoms with Crippen LogP contribution in [0.1, 0.15) is 24.8 Å². The van der Waals surface area contributed by atoms with Gasteiger partial charge in [0.2, 0.25) is 0 Å². The lowest BCUT2D eigenvalue weighted by Crippen LogP contribution is -2.51. The highest BCUT2D eigenvalue weighted by atomic mass is 16.2. The van der Waals surface area contributed by atoms with Crippen LogP contribution in [0.25, 0.3) is 0 Å². The lowest BCUT2D eigenvalue weighted by molar-refractivity contribution is 0.167. The summed E-state index contributed by atoms with van der Waals surface area (Å²) in [5.74, 6) is 0. The van der Waals surface area contributed by atoms with Gasteiger partial charge in [-0.2, -0.15) is 0 Å². The van der Waals surface area contributed by atoms with Crippen LogP contribution in [-0.2, 0) is 5.41 Å². The first-order valence-electron chi connectivity index (χ1n) is 9.43. The Kier molecular flexibility index (Phi) is 5.64. The topological polar surface area (TPSA) is 38.8 Å². The molecule has 138 valence electrons. The van der Waals surface area contributed by atoms with Crippen LogP contribution in [-0.4, -0.2) is 80.6 Å². The quantitative estimate of drug-likeness (QED) is 0.908. The van der Waals surface area contributed by atoms with E-state index < -0.39 is 0 Å². The van der Waals surface area contributed by atoms with Gasteiger partial charge in [0.05, 0.1) is 0 Å². The van der Waals surface area contributed by atoms with E-state index in [9.17, 15) is 4.79 Å². The van der Waals surface area contributed by atoms with Gasteiger partial charge >= 0.3 is 6.03 Å². The van der Waals surface area contributed by atoms with E-state index in [2.05, 4.69) is 59.5 Å². The highest BCUT2D eigenvalue weighted by Gasteiger charge is 2.36. The minimum atomic E-state index is 0.0523. The van der Waals surface area contributed by atoms with Crippen molar-refractivity contribution in [3.63, 3.8) is 0 Å². The standard InChI is InChI=1S/C20H32N4O/c1-22-13-10-20(11-14-22,17-7-5-4-6-8-17)16-21-19(25)24(3)18-9-12-23(2)15-18/h4-8,18H,9-16H2,1-3H3,(H,21,25)/t18-/m1/s1. The molecule has 0 aromatic heterocycles. The zero-order valence-electron chi connectivity index (χ0n) is 15.9. The summed E-state index contributed by atoms with van der Waals surface area (Å²) in [5.41, 5.74) is 1.41. The molecular weight excluding hydrogens is 312 g/mol. The SMILES string of the molecule is CN1CCC(CNC(=O)N(C)[C@@H]2CCN(C)C2)(c2ccccc2)CC1. The first-order chi connectivity index (χ1) is 12.0. The Balaban J connectivity index is 1.66. The Morgan fingerprint density at radius 1 is 1.16 bits per heavy atom. The van der Waals surface area contributed by atoms with Gasteiger partial charge in [0.1, 0.15) is 0 Å². The fourth-order valence-electron chi connectivity index (χ4n) is 4.17. The number of amides is 2. The van der Waals surface area contributed by atoms with Gasteiger partial charge in [0, 0.05) is 31.6 Å². The summed E-state index contributed by atoms with van der Waals surface area (Å²) in [6, 6.07) is 11.1. The van der Waals surface area contributed by atoms with Crippen molar-refractivity contribution in [2.45, 2.75) is 30.7 Å². The summed E-state index contributed by atoms with van der Waals surface area (Å²) in [5, 5.41) is 3.25. The first kappa shape index (κ1) is 18.2. The molecule has 1 aromatic rings. The smallest absolute Gasteiger partial charge is 0.317 e. The molecule has 0 bridgehead atoms. The van der Waals surface area contributed by atoms with Crippen molar-refractivity contribution in [1.29, 1.82) is 0 Å². The number of nitrogens with one attached hydrogen (secondary N) is 1. The molecular formula is C20H32N4O. The molecule has 2 aliphatic rings. The van der Waals surface area contributed by atoms with Crippen LogP contribution in [0.3, 0.4) is 0 Å². The second kappa shape index (κ2) is 7.75. The minimum Gasteiger partial charge on any atom is -0.337 e. The van der Waals surface area contributed by atoms with Crippen molar-refractivity contribution in [2.75, 3.05) is 53.9 Å². The fraction of sp³-hybridized carbons (Fsp3) is 0.650. The number of likely N-dealkylation sites (N-methyl/N-ethyl adjacent to an activating group) is 2. The zero-order chi connectivity index (χ0) is 17.9. The van der Waals surface area contributed by atoms with Gasteiger partial charge in [-0.25, -0.2) is 4.79 Å². The normalized spacial score (nSPS) is 24.2. The molecule has 2 heterocycles. The predicted octanol–water partition coefficient (Wildman–Crippen LogP) is 2.00. The van der Waals surface area contributed by atoms with E-state index >= 15 is 0 Å². The van der Waals surface area contributed by atoms with Crippen LogP contribution < -0.4 is 5.32 Å². The summed E-state index contributed by atoms with van der Waals surface area (Å²) in [4.78, 5) is 19.3. The van der Waals surface area contributed by atoms with Gasteiger partial charge in [-0.05, 0) is 58.6 Å². The summed E-state index contributed by atoms with van der Waals surface area (Å²) in [6.07, 6.45) is 3.24. The van der Waals surface area contributed by atoms with Gasteiger partial charge in [-0.1, -0.05) is 30.3 Å². The molecule has 1 aromatic carbocycles. The number of benzene rings is 1. The number of hydrogen-bond donors (Lipinski definition) is 1. The Hall–Kier alpha value is -1.59. The van der Waals surface area contributed by atoms with Crippen molar-refractivity contribution in [3.05, 3.63) is 35.9 Å². The van der Waals surface area contributed by atoms with Crippen molar-refractivity contribution >= 4 is 6.03 Å². The number of hydrogen-bond acceptors (Lipinski definition) is 3. The molecule has 3 rings (SSSR count). The highest BCUT2D eigenvalue weighted by molar-refractivity contribution is 5.74. The van der Waals surface area contributed by atoms with Crippen molar-refractivity contribution < 1.29 is 4.79 Å². The van der Waals surface area contributed by atoms with Crippen molar-refractivity contribution in [2.24, 2.45) is 0 Å². The largest absolute Gasteiger partial charge is 0.337 e. The molecule has 5 heteroatoms. The zero-order valence-corrected chi connectivity index (χ0v) is 15.9. The maximum absolute atomic E-state index is 12.7. The van der Waals surface area contributed by atoms with Crippen LogP contribution >= 0.6 is 0 Å². The van der Waals surface area contributed by atoms with Crippen LogP contribution in [0.2, 0.25) is 0 Å². The molecule has 1 atom stereocenters. The molecule has 2 amide bonds. The molecule has 0 radical (unpaired) electrons. The van der Waals surface area contributed by atoms with E-state index in [1.165, 1.54) is 5.56 Å². The van der Waals surface area contributed by atoms with E-state index in [0.717, 1.165) is 52.0 Å². The van der Waals surface area contributed by atoms with Gasteiger partial charge in [-0.3, -0.25) is 0 Å². The van der Waals surface area contributed by atoms with E-state index in [-0.39, 0.29) is 11.4 Å². The number of piperidine rings is 1. The average molecular weight is 345 g/mol. The maximum atomic E-state index is 12.7. The molecule has 2 saturated heterocycles. The van der Waals surface area contributed by atoms with E-state index in [4.69, 9.17) is 0 Å². The van der Waals surface area contributed by atoms with Gasteiger partial charge < -0.3 is 20.0 Å². The lowest BCUT2D eigenvalue weighted by Gasteiger charge is -2.41. The summed E-state index contributed by atoms with van der Waals surface area (Å²) >= 11 is 0. The molecule has 0 spiro atoms. The molecule has 2 fully saturated rings. The number of nitrogens with zero attached hydrogens (tertiary/aromatic N) is 3. The average Bonchev–Trinajstić information content (AvgIpc) is 3.08. The first-order valence-corrected chi connectivity index (χ1v) is 9.43. The highest BCUT2D eigenvalue weighted by Crippen LogP contribution is 2.34. The third-order valence-electron chi connectivity index (χ3n) is 6.14. The number of likely N-dealkylation sites (tertiary alicyclic amines) is 2. The monoisotopic (exact) mass is 344 g/mol. The van der Waals surface area contributed by atoms with Crippen molar-refractivity contribution in [3.8, 4) is 0 Å². The molecule has 0 aliphatic carbocycles. The Bertz CT molecular complexity index is 568. The predicted molar refractivity (Wildman–Crippen MR) is 102 cm³/mol. The molecule has 0 saturated carbocycles. The second-order valence-electron chi connectivity index (χ2n) is 7.92. The Morgan fingerprint density at radius 2 is 1.84 bits per heavy atom. The van der Waals surface area contributed by atoms with E-state index in [0.29, 0.717) is 6.04 Å². The van der Waals surface area contributed by atoms with E-state index in [1.54, 1.807) is 0 Å². The molecule has 2 aliphatic heterocycles. The van der Waals surface area contributed by atoms with Crippen LogP contribution in [0, 0.1) is 0 Å². The Morgan fingerprint density at radius 3 is 2.44 bits per heavy atom. The molecule has 5 nitrogen and oxygen atoms in total. The fourth-order valence-corrected chi connectivity index (χ4v) is 4.17. The number of carbonyl (C=O) groups is 1. The third-order valence-corrected chi connectivity index (χ3v) is 6.14. The van der Waals surface area contributed by atoms with Crippen LogP contribution in [0.4, 0.5) is 4.79 Å². The molecule has 1 N–H and O–H groups in total. The second-order valence-corrected chi connectivity index (χ2v) is 7.92. The molecule has 0 unspecified atom stereocenters. The number of rotatable bonds is 4. The summed E-state index contributed by atoms with van der Waals surface area (Å²) < 4.78 is 0. The third kappa shape index (κ3) is 4.15. The van der Waals surface area contributed by atoms with Gasteiger partial charge in [-0.15, -0.1) is 0 Å². The van der Waals surface area contributed by atoms with Crippen LogP contribution in [0.5, 0.6) is 0 Å². The van der Waals surface area contributed by atoms with Gasteiger partial charge in [0.15, 0.2) is 0 Å². The lowest BCUT2D eigenvalue weighted by atomic mass is 9.72. The Labute approximate surface area is 152 Å². The van der Waals surface area contributed by atoms with E-state index in [1.807, 2.05) is 11.9 Å². The summed E-state index contributed by atoms with van der Waals surface area (Å²) in [7, 11) is 6.23. The van der Waals surface area contributed by atoms with Crippen LogP contribution in [0.15, 0.2) is 30.3 Å². The summed E-state index contributed by atoms with van der Waals surface area (Å²) in [6.45, 7) is 4.92. The molecule has 25 heavy (non-hydrogen) atoms. The van der Waals surface area contributed by atoms with Crippen molar-refractivity contribution in [1.82, 2.24) is 20.0 Å².